The Hall–Kier alpha value is -2.41. The van der Waals surface area contributed by atoms with Gasteiger partial charge in [-0.15, -0.1) is 0 Å². The van der Waals surface area contributed by atoms with E-state index >= 15 is 0 Å². The molecule has 0 unspecified atom stereocenters. The average molecular weight is 316 g/mol. The molecule has 0 radical (unpaired) electrons. The van der Waals surface area contributed by atoms with Crippen molar-refractivity contribution >= 4 is 29.1 Å². The number of amides is 3. The number of hydrogen-bond donors (Lipinski definition) is 2. The van der Waals surface area contributed by atoms with Crippen molar-refractivity contribution in [2.75, 3.05) is 42.9 Å². The zero-order valence-electron chi connectivity index (χ0n) is 12.9. The molecule has 0 aliphatic carbocycles. The number of anilines is 2. The quantitative estimate of drug-likeness (QED) is 0.830. The molecule has 2 aliphatic heterocycles. The number of carbonyl (C=O) groups excluding carboxylic acids is 3. The Morgan fingerprint density at radius 2 is 1.96 bits per heavy atom. The lowest BCUT2D eigenvalue weighted by Gasteiger charge is -2.25. The zero-order chi connectivity index (χ0) is 16.2. The summed E-state index contributed by atoms with van der Waals surface area (Å²) in [7, 11) is 0. The summed E-state index contributed by atoms with van der Waals surface area (Å²) in [4.78, 5) is 38.6. The van der Waals surface area contributed by atoms with Crippen LogP contribution in [-0.4, -0.2) is 55.3 Å². The first-order valence-electron chi connectivity index (χ1n) is 7.81. The van der Waals surface area contributed by atoms with E-state index < -0.39 is 0 Å². The van der Waals surface area contributed by atoms with Gasteiger partial charge in [0.15, 0.2) is 0 Å². The molecular formula is C16H20N4O3. The van der Waals surface area contributed by atoms with Gasteiger partial charge in [0.05, 0.1) is 13.1 Å². The summed E-state index contributed by atoms with van der Waals surface area (Å²) in [5.41, 5.74) is 1.55. The molecule has 23 heavy (non-hydrogen) atoms. The minimum absolute atomic E-state index is 0.0521. The maximum absolute atomic E-state index is 12.0. The van der Waals surface area contributed by atoms with E-state index in [1.807, 2.05) is 17.0 Å². The highest BCUT2D eigenvalue weighted by Crippen LogP contribution is 2.22. The topological polar surface area (TPSA) is 81.8 Å². The molecule has 3 rings (SSSR count). The van der Waals surface area contributed by atoms with Crippen LogP contribution in [0.25, 0.3) is 0 Å². The molecule has 122 valence electrons. The fraction of sp³-hybridized carbons (Fsp3) is 0.438. The lowest BCUT2D eigenvalue weighted by molar-refractivity contribution is -0.125. The number of benzene rings is 1. The summed E-state index contributed by atoms with van der Waals surface area (Å²) in [6.45, 7) is 2.45. The Kier molecular flexibility index (Phi) is 4.57. The third-order valence-electron chi connectivity index (χ3n) is 4.02. The van der Waals surface area contributed by atoms with E-state index in [-0.39, 0.29) is 30.8 Å². The lowest BCUT2D eigenvalue weighted by Crippen LogP contribution is -2.49. The standard InChI is InChI=1S/C16H20N4O3/c21-14-10-19(9-7-17-14)11-15(22)18-12-3-5-13(6-4-12)20-8-1-2-16(20)23/h3-6H,1-2,7-11H2,(H,17,21)(H,18,22). The highest BCUT2D eigenvalue weighted by Gasteiger charge is 2.22. The third kappa shape index (κ3) is 3.87. The van der Waals surface area contributed by atoms with Crippen molar-refractivity contribution in [1.29, 1.82) is 0 Å². The Morgan fingerprint density at radius 3 is 2.61 bits per heavy atom. The van der Waals surface area contributed by atoms with E-state index in [1.54, 1.807) is 17.0 Å². The second kappa shape index (κ2) is 6.78. The third-order valence-corrected chi connectivity index (χ3v) is 4.02. The number of rotatable bonds is 4. The van der Waals surface area contributed by atoms with Crippen LogP contribution in [0.2, 0.25) is 0 Å². The molecule has 2 aliphatic rings. The average Bonchev–Trinajstić information content (AvgIpc) is 2.94. The first-order chi connectivity index (χ1) is 11.1. The number of hydrogen-bond acceptors (Lipinski definition) is 4. The van der Waals surface area contributed by atoms with Crippen molar-refractivity contribution < 1.29 is 14.4 Å². The number of piperazine rings is 1. The van der Waals surface area contributed by atoms with Crippen molar-refractivity contribution in [2.24, 2.45) is 0 Å². The van der Waals surface area contributed by atoms with Gasteiger partial charge in [-0.25, -0.2) is 0 Å². The molecular weight excluding hydrogens is 296 g/mol. The van der Waals surface area contributed by atoms with Crippen LogP contribution in [-0.2, 0) is 14.4 Å². The Bertz CT molecular complexity index is 614. The highest BCUT2D eigenvalue weighted by atomic mass is 16.2. The Balaban J connectivity index is 1.54. The van der Waals surface area contributed by atoms with Crippen LogP contribution in [0.4, 0.5) is 11.4 Å². The molecule has 2 fully saturated rings. The van der Waals surface area contributed by atoms with Crippen LogP contribution in [0.1, 0.15) is 12.8 Å². The van der Waals surface area contributed by atoms with Crippen molar-refractivity contribution in [3.05, 3.63) is 24.3 Å². The van der Waals surface area contributed by atoms with E-state index in [1.165, 1.54) is 0 Å². The largest absolute Gasteiger partial charge is 0.354 e. The van der Waals surface area contributed by atoms with Crippen LogP contribution in [0.5, 0.6) is 0 Å². The number of nitrogens with one attached hydrogen (secondary N) is 2. The van der Waals surface area contributed by atoms with Crippen LogP contribution in [0.3, 0.4) is 0 Å². The molecule has 3 amide bonds. The molecule has 2 heterocycles. The Morgan fingerprint density at radius 1 is 1.17 bits per heavy atom. The first kappa shape index (κ1) is 15.5. The van der Waals surface area contributed by atoms with Gasteiger partial charge >= 0.3 is 0 Å². The zero-order valence-corrected chi connectivity index (χ0v) is 12.9. The van der Waals surface area contributed by atoms with Gasteiger partial charge in [-0.2, -0.15) is 0 Å². The molecule has 1 aromatic carbocycles. The van der Waals surface area contributed by atoms with E-state index in [4.69, 9.17) is 0 Å². The molecule has 0 saturated carbocycles. The second-order valence-corrected chi connectivity index (χ2v) is 5.80. The lowest BCUT2D eigenvalue weighted by atomic mass is 10.2. The number of carbonyl (C=O) groups is 3. The SMILES string of the molecule is O=C1CN(CC(=O)Nc2ccc(N3CCCC3=O)cc2)CCN1. The monoisotopic (exact) mass is 316 g/mol. The van der Waals surface area contributed by atoms with Gasteiger partial charge in [-0.3, -0.25) is 19.3 Å². The highest BCUT2D eigenvalue weighted by molar-refractivity contribution is 5.96. The molecule has 0 spiro atoms. The van der Waals surface area contributed by atoms with Crippen molar-refractivity contribution in [3.8, 4) is 0 Å². The van der Waals surface area contributed by atoms with Crippen molar-refractivity contribution in [3.63, 3.8) is 0 Å². The molecule has 1 aromatic rings. The van der Waals surface area contributed by atoms with Crippen LogP contribution >= 0.6 is 0 Å². The fourth-order valence-corrected chi connectivity index (χ4v) is 2.88. The predicted octanol–water partition coefficient (Wildman–Crippen LogP) is 0.184. The van der Waals surface area contributed by atoms with Gasteiger partial charge in [0, 0.05) is 37.4 Å². The minimum atomic E-state index is -0.148. The van der Waals surface area contributed by atoms with Gasteiger partial charge in [0.25, 0.3) is 0 Å². The van der Waals surface area contributed by atoms with E-state index in [9.17, 15) is 14.4 Å². The van der Waals surface area contributed by atoms with E-state index in [0.717, 1.165) is 18.7 Å². The van der Waals surface area contributed by atoms with Crippen molar-refractivity contribution in [1.82, 2.24) is 10.2 Å². The van der Waals surface area contributed by atoms with Gasteiger partial charge in [0.1, 0.15) is 0 Å². The van der Waals surface area contributed by atoms with E-state index in [2.05, 4.69) is 10.6 Å². The summed E-state index contributed by atoms with van der Waals surface area (Å²) >= 11 is 0. The second-order valence-electron chi connectivity index (χ2n) is 5.80. The maximum atomic E-state index is 12.0. The molecule has 2 N–H and O–H groups in total. The van der Waals surface area contributed by atoms with Gasteiger partial charge in [0.2, 0.25) is 17.7 Å². The smallest absolute Gasteiger partial charge is 0.238 e. The first-order valence-corrected chi connectivity index (χ1v) is 7.81. The van der Waals surface area contributed by atoms with Gasteiger partial charge in [-0.05, 0) is 30.7 Å². The van der Waals surface area contributed by atoms with Crippen LogP contribution in [0, 0.1) is 0 Å². The summed E-state index contributed by atoms with van der Waals surface area (Å²) in [5.74, 6) is -0.0569. The predicted molar refractivity (Wildman–Crippen MR) is 86.1 cm³/mol. The molecule has 7 nitrogen and oxygen atoms in total. The summed E-state index contributed by atoms with van der Waals surface area (Å²) < 4.78 is 0. The molecule has 7 heteroatoms. The van der Waals surface area contributed by atoms with Crippen LogP contribution in [0.15, 0.2) is 24.3 Å². The summed E-state index contributed by atoms with van der Waals surface area (Å²) in [6.07, 6.45) is 1.49. The van der Waals surface area contributed by atoms with Crippen LogP contribution < -0.4 is 15.5 Å². The molecule has 2 saturated heterocycles. The van der Waals surface area contributed by atoms with E-state index in [0.29, 0.717) is 25.2 Å². The normalized spacial score (nSPS) is 18.9. The maximum Gasteiger partial charge on any atom is 0.238 e. The van der Waals surface area contributed by atoms with Gasteiger partial charge < -0.3 is 15.5 Å². The fourth-order valence-electron chi connectivity index (χ4n) is 2.88. The van der Waals surface area contributed by atoms with Crippen molar-refractivity contribution in [2.45, 2.75) is 12.8 Å². The molecule has 0 aromatic heterocycles. The molecule has 0 atom stereocenters. The molecule has 0 bridgehead atoms. The minimum Gasteiger partial charge on any atom is -0.354 e. The summed E-state index contributed by atoms with van der Waals surface area (Å²) in [6, 6.07) is 7.27. The Labute approximate surface area is 134 Å². The summed E-state index contributed by atoms with van der Waals surface area (Å²) in [5, 5.41) is 5.54. The van der Waals surface area contributed by atoms with Gasteiger partial charge in [-0.1, -0.05) is 0 Å². The number of nitrogens with zero attached hydrogens (tertiary/aromatic N) is 2.